The van der Waals surface area contributed by atoms with E-state index in [1.54, 1.807) is 12.1 Å². The Morgan fingerprint density at radius 3 is 2.44 bits per heavy atom. The molecule has 1 aliphatic rings. The number of halogens is 1. The zero-order valence-corrected chi connectivity index (χ0v) is 9.50. The summed E-state index contributed by atoms with van der Waals surface area (Å²) in [4.78, 5) is 0. The van der Waals surface area contributed by atoms with Crippen molar-refractivity contribution in [2.75, 3.05) is 11.5 Å². The highest BCUT2D eigenvalue weighted by atomic mass is 32.2. The molecule has 0 spiro atoms. The van der Waals surface area contributed by atoms with Crippen LogP contribution in [0.2, 0.25) is 0 Å². The van der Waals surface area contributed by atoms with Crippen molar-refractivity contribution in [1.82, 2.24) is 0 Å². The maximum Gasteiger partial charge on any atom is 0.153 e. The first-order valence-corrected chi connectivity index (χ1v) is 6.88. The van der Waals surface area contributed by atoms with Crippen molar-refractivity contribution in [2.24, 2.45) is 0 Å². The lowest BCUT2D eigenvalue weighted by Gasteiger charge is -2.20. The molecule has 1 heterocycles. The topological polar surface area (TPSA) is 54.4 Å². The molecule has 1 aromatic carbocycles. The van der Waals surface area contributed by atoms with Crippen LogP contribution in [0.25, 0.3) is 0 Å². The van der Waals surface area contributed by atoms with Crippen LogP contribution in [0.4, 0.5) is 4.39 Å². The second-order valence-electron chi connectivity index (χ2n) is 4.37. The van der Waals surface area contributed by atoms with Crippen molar-refractivity contribution in [3.63, 3.8) is 0 Å². The SMILES string of the molecule is O=S1(=O)CCC(O)(Cc2ccc(F)cc2)C1. The lowest BCUT2D eigenvalue weighted by Crippen LogP contribution is -2.32. The molecule has 2 rings (SSSR count). The zero-order valence-electron chi connectivity index (χ0n) is 8.69. The van der Waals surface area contributed by atoms with Crippen LogP contribution in [0.3, 0.4) is 0 Å². The monoisotopic (exact) mass is 244 g/mol. The van der Waals surface area contributed by atoms with E-state index in [0.717, 1.165) is 5.56 Å². The number of aliphatic hydroxyl groups is 1. The summed E-state index contributed by atoms with van der Waals surface area (Å²) in [6.07, 6.45) is 0.513. The van der Waals surface area contributed by atoms with Gasteiger partial charge in [0, 0.05) is 6.42 Å². The minimum Gasteiger partial charge on any atom is -0.388 e. The molecule has 0 aliphatic carbocycles. The van der Waals surface area contributed by atoms with Crippen molar-refractivity contribution >= 4 is 9.84 Å². The third-order valence-corrected chi connectivity index (χ3v) is 4.62. The summed E-state index contributed by atoms with van der Waals surface area (Å²) in [5.74, 6) is -0.503. The number of sulfone groups is 1. The Labute approximate surface area is 93.8 Å². The predicted octanol–water partition coefficient (Wildman–Crippen LogP) is 0.918. The van der Waals surface area contributed by atoms with E-state index >= 15 is 0 Å². The molecule has 0 aromatic heterocycles. The first-order chi connectivity index (χ1) is 7.39. The van der Waals surface area contributed by atoms with Gasteiger partial charge < -0.3 is 5.11 Å². The number of hydrogen-bond donors (Lipinski definition) is 1. The van der Waals surface area contributed by atoms with Crippen LogP contribution in [0.1, 0.15) is 12.0 Å². The third-order valence-electron chi connectivity index (χ3n) is 2.81. The molecule has 1 N–H and O–H groups in total. The maximum atomic E-state index is 12.7. The summed E-state index contributed by atoms with van der Waals surface area (Å²) in [5, 5.41) is 10.1. The van der Waals surface area contributed by atoms with Gasteiger partial charge in [0.2, 0.25) is 0 Å². The summed E-state index contributed by atoms with van der Waals surface area (Å²) < 4.78 is 35.2. The summed E-state index contributed by atoms with van der Waals surface area (Å²) in [6.45, 7) is 0. The van der Waals surface area contributed by atoms with Crippen LogP contribution >= 0.6 is 0 Å². The standard InChI is InChI=1S/C11H13FO3S/c12-10-3-1-9(2-4-10)7-11(13)5-6-16(14,15)8-11/h1-4,13H,5-8H2. The molecule has 3 nitrogen and oxygen atoms in total. The molecule has 5 heteroatoms. The first kappa shape index (κ1) is 11.5. The molecule has 16 heavy (non-hydrogen) atoms. The van der Waals surface area contributed by atoms with Gasteiger partial charge in [-0.3, -0.25) is 0 Å². The van der Waals surface area contributed by atoms with E-state index in [2.05, 4.69) is 0 Å². The van der Waals surface area contributed by atoms with Crippen LogP contribution in [-0.4, -0.2) is 30.6 Å². The van der Waals surface area contributed by atoms with Gasteiger partial charge in [-0.1, -0.05) is 12.1 Å². The minimum absolute atomic E-state index is 0.0324. The lowest BCUT2D eigenvalue weighted by molar-refractivity contribution is 0.0681. The highest BCUT2D eigenvalue weighted by molar-refractivity contribution is 7.91. The zero-order chi connectivity index (χ0) is 11.8. The first-order valence-electron chi connectivity index (χ1n) is 5.06. The number of rotatable bonds is 2. The van der Waals surface area contributed by atoms with E-state index in [1.165, 1.54) is 12.1 Å². The van der Waals surface area contributed by atoms with Gasteiger partial charge in [-0.25, -0.2) is 12.8 Å². The number of hydrogen-bond acceptors (Lipinski definition) is 3. The van der Waals surface area contributed by atoms with E-state index in [4.69, 9.17) is 0 Å². The van der Waals surface area contributed by atoms with Crippen molar-refractivity contribution in [2.45, 2.75) is 18.4 Å². The van der Waals surface area contributed by atoms with Gasteiger partial charge in [-0.15, -0.1) is 0 Å². The molecule has 1 aromatic rings. The third kappa shape index (κ3) is 2.59. The lowest BCUT2D eigenvalue weighted by atomic mass is 9.94. The quantitative estimate of drug-likeness (QED) is 0.841. The fourth-order valence-electron chi connectivity index (χ4n) is 2.02. The summed E-state index contributed by atoms with van der Waals surface area (Å²) in [6, 6.07) is 5.75. The number of benzene rings is 1. The fourth-order valence-corrected chi connectivity index (χ4v) is 3.92. The molecule has 0 saturated carbocycles. The molecule has 0 radical (unpaired) electrons. The van der Waals surface area contributed by atoms with Crippen LogP contribution in [-0.2, 0) is 16.3 Å². The van der Waals surface area contributed by atoms with Gasteiger partial charge in [0.15, 0.2) is 9.84 Å². The average molecular weight is 244 g/mol. The Kier molecular flexibility index (Phi) is 2.75. The van der Waals surface area contributed by atoms with Gasteiger partial charge in [0.25, 0.3) is 0 Å². The van der Waals surface area contributed by atoms with Gasteiger partial charge >= 0.3 is 0 Å². The predicted molar refractivity (Wildman–Crippen MR) is 58.3 cm³/mol. The molecule has 1 aliphatic heterocycles. The van der Waals surface area contributed by atoms with Gasteiger partial charge in [-0.05, 0) is 24.1 Å². The van der Waals surface area contributed by atoms with Gasteiger partial charge in [-0.2, -0.15) is 0 Å². The maximum absolute atomic E-state index is 12.7. The second-order valence-corrected chi connectivity index (χ2v) is 6.55. The highest BCUT2D eigenvalue weighted by Crippen LogP contribution is 2.27. The van der Waals surface area contributed by atoms with Gasteiger partial charge in [0.05, 0.1) is 17.1 Å². The Morgan fingerprint density at radius 1 is 1.31 bits per heavy atom. The molecule has 0 bridgehead atoms. The molecule has 1 fully saturated rings. The van der Waals surface area contributed by atoms with Crippen molar-refractivity contribution in [1.29, 1.82) is 0 Å². The normalized spacial score (nSPS) is 28.1. The minimum atomic E-state index is -3.11. The van der Waals surface area contributed by atoms with Crippen molar-refractivity contribution < 1.29 is 17.9 Å². The van der Waals surface area contributed by atoms with Crippen molar-refractivity contribution in [3.8, 4) is 0 Å². The summed E-state index contributed by atoms with van der Waals surface area (Å²) in [5.41, 5.74) is -0.433. The Hall–Kier alpha value is -0.940. The summed E-state index contributed by atoms with van der Waals surface area (Å²) in [7, 11) is -3.11. The van der Waals surface area contributed by atoms with Gasteiger partial charge in [0.1, 0.15) is 5.82 Å². The molecule has 1 unspecified atom stereocenters. The van der Waals surface area contributed by atoms with Crippen LogP contribution in [0, 0.1) is 5.82 Å². The molecule has 1 atom stereocenters. The highest BCUT2D eigenvalue weighted by Gasteiger charge is 2.40. The molecule has 0 amide bonds. The summed E-state index contributed by atoms with van der Waals surface area (Å²) >= 11 is 0. The average Bonchev–Trinajstić information content (AvgIpc) is 2.45. The molecule has 1 saturated heterocycles. The van der Waals surface area contributed by atoms with E-state index in [1.807, 2.05) is 0 Å². The van der Waals surface area contributed by atoms with E-state index in [0.29, 0.717) is 0 Å². The Bertz CT molecular complexity index is 480. The van der Waals surface area contributed by atoms with Crippen LogP contribution in [0.15, 0.2) is 24.3 Å². The Balaban J connectivity index is 2.13. The fraction of sp³-hybridized carbons (Fsp3) is 0.455. The largest absolute Gasteiger partial charge is 0.388 e. The second kappa shape index (κ2) is 3.82. The molecular weight excluding hydrogens is 231 g/mol. The Morgan fingerprint density at radius 2 is 1.94 bits per heavy atom. The molecular formula is C11H13FO3S. The smallest absolute Gasteiger partial charge is 0.153 e. The van der Waals surface area contributed by atoms with Crippen LogP contribution < -0.4 is 0 Å². The van der Waals surface area contributed by atoms with E-state index < -0.39 is 15.4 Å². The van der Waals surface area contributed by atoms with E-state index in [-0.39, 0.29) is 30.2 Å². The van der Waals surface area contributed by atoms with Crippen molar-refractivity contribution in [3.05, 3.63) is 35.6 Å². The van der Waals surface area contributed by atoms with E-state index in [9.17, 15) is 17.9 Å². The molecule has 88 valence electrons. The van der Waals surface area contributed by atoms with Crippen LogP contribution in [0.5, 0.6) is 0 Å².